The number of hydrogen-bond donors (Lipinski definition) is 0. The van der Waals surface area contributed by atoms with Crippen molar-refractivity contribution in [1.82, 2.24) is 8.61 Å². The highest BCUT2D eigenvalue weighted by molar-refractivity contribution is 7.89. The Morgan fingerprint density at radius 2 is 1.25 bits per heavy atom. The quantitative estimate of drug-likeness (QED) is 0.746. The van der Waals surface area contributed by atoms with Crippen LogP contribution in [0.4, 0.5) is 8.78 Å². The Hall–Kier alpha value is -1.88. The maximum Gasteiger partial charge on any atom is 0.246 e. The Balaban J connectivity index is 1.80. The van der Waals surface area contributed by atoms with Gasteiger partial charge in [0, 0.05) is 32.2 Å². The Kier molecular flexibility index (Phi) is 5.59. The Morgan fingerprint density at radius 1 is 0.750 bits per heavy atom. The number of sulfonamides is 2. The van der Waals surface area contributed by atoms with Crippen molar-refractivity contribution in [3.8, 4) is 0 Å². The van der Waals surface area contributed by atoms with Crippen LogP contribution in [0.1, 0.15) is 11.1 Å². The zero-order valence-corrected chi connectivity index (χ0v) is 17.0. The van der Waals surface area contributed by atoms with Crippen molar-refractivity contribution in [1.29, 1.82) is 0 Å². The van der Waals surface area contributed by atoms with Crippen LogP contribution < -0.4 is 0 Å². The molecule has 0 aliphatic carbocycles. The summed E-state index contributed by atoms with van der Waals surface area (Å²) in [6, 6.07) is 7.27. The van der Waals surface area contributed by atoms with Crippen molar-refractivity contribution in [2.45, 2.75) is 23.6 Å². The summed E-state index contributed by atoms with van der Waals surface area (Å²) in [5.41, 5.74) is 1.55. The molecule has 28 heavy (non-hydrogen) atoms. The molecule has 1 heterocycles. The summed E-state index contributed by atoms with van der Waals surface area (Å²) in [5.74, 6) is -2.05. The molecule has 1 aliphatic rings. The van der Waals surface area contributed by atoms with Gasteiger partial charge >= 0.3 is 0 Å². The molecule has 0 radical (unpaired) electrons. The van der Waals surface area contributed by atoms with E-state index in [1.165, 1.54) is 10.4 Å². The lowest BCUT2D eigenvalue weighted by Crippen LogP contribution is -2.50. The van der Waals surface area contributed by atoms with E-state index < -0.39 is 36.6 Å². The van der Waals surface area contributed by atoms with Crippen molar-refractivity contribution in [2.24, 2.45) is 0 Å². The average molecular weight is 430 g/mol. The smallest absolute Gasteiger partial charge is 0.207 e. The molecule has 0 aromatic heterocycles. The SMILES string of the molecule is Cc1ccc(S(=O)(=O)N2CCN(S(=O)(=O)c3ccc(F)cc3F)CC2)c(C)c1. The molecule has 1 fully saturated rings. The molecule has 0 spiro atoms. The standard InChI is InChI=1S/C18H20F2N2O4S2/c1-13-3-5-17(14(2)11-13)27(23,24)21-7-9-22(10-8-21)28(25,26)18-6-4-15(19)12-16(18)20/h3-6,11-12H,7-10H2,1-2H3. The summed E-state index contributed by atoms with van der Waals surface area (Å²) in [6.45, 7) is 3.21. The third-order valence-corrected chi connectivity index (χ3v) is 8.65. The number of piperazine rings is 1. The van der Waals surface area contributed by atoms with E-state index in [0.29, 0.717) is 11.6 Å². The van der Waals surface area contributed by atoms with E-state index in [0.717, 1.165) is 22.0 Å². The molecule has 6 nitrogen and oxygen atoms in total. The molecule has 2 aromatic rings. The van der Waals surface area contributed by atoms with Gasteiger partial charge in [-0.25, -0.2) is 25.6 Å². The van der Waals surface area contributed by atoms with E-state index >= 15 is 0 Å². The zero-order chi connectivity index (χ0) is 20.7. The molecular formula is C18H20F2N2O4S2. The van der Waals surface area contributed by atoms with Crippen molar-refractivity contribution < 1.29 is 25.6 Å². The summed E-state index contributed by atoms with van der Waals surface area (Å²) in [6.07, 6.45) is 0. The Bertz CT molecular complexity index is 1020. The molecule has 0 atom stereocenters. The van der Waals surface area contributed by atoms with Gasteiger partial charge in [0.05, 0.1) is 4.90 Å². The van der Waals surface area contributed by atoms with Crippen LogP contribution in [0.25, 0.3) is 0 Å². The number of benzene rings is 2. The van der Waals surface area contributed by atoms with Gasteiger partial charge in [0.15, 0.2) is 0 Å². The maximum absolute atomic E-state index is 13.9. The third-order valence-electron chi connectivity index (χ3n) is 4.66. The van der Waals surface area contributed by atoms with E-state index in [1.54, 1.807) is 19.1 Å². The maximum atomic E-state index is 13.9. The lowest BCUT2D eigenvalue weighted by Gasteiger charge is -2.33. The Morgan fingerprint density at radius 3 is 1.75 bits per heavy atom. The zero-order valence-electron chi connectivity index (χ0n) is 15.4. The minimum absolute atomic E-state index is 0.0578. The number of nitrogens with zero attached hydrogens (tertiary/aromatic N) is 2. The molecule has 1 saturated heterocycles. The molecular weight excluding hydrogens is 410 g/mol. The van der Waals surface area contributed by atoms with Gasteiger partial charge in [-0.15, -0.1) is 0 Å². The van der Waals surface area contributed by atoms with Crippen LogP contribution in [0.5, 0.6) is 0 Å². The van der Waals surface area contributed by atoms with Gasteiger partial charge in [-0.3, -0.25) is 0 Å². The van der Waals surface area contributed by atoms with Crippen LogP contribution in [0, 0.1) is 25.5 Å². The predicted molar refractivity (Wildman–Crippen MR) is 99.8 cm³/mol. The monoisotopic (exact) mass is 430 g/mol. The second-order valence-electron chi connectivity index (χ2n) is 6.65. The highest BCUT2D eigenvalue weighted by atomic mass is 32.2. The van der Waals surface area contributed by atoms with Gasteiger partial charge in [-0.05, 0) is 37.6 Å². The average Bonchev–Trinajstić information content (AvgIpc) is 2.61. The van der Waals surface area contributed by atoms with E-state index in [1.807, 2.05) is 6.92 Å². The number of halogens is 2. The van der Waals surface area contributed by atoms with Crippen LogP contribution >= 0.6 is 0 Å². The van der Waals surface area contributed by atoms with Crippen LogP contribution in [-0.2, 0) is 20.0 Å². The van der Waals surface area contributed by atoms with Gasteiger partial charge < -0.3 is 0 Å². The fourth-order valence-electron chi connectivity index (χ4n) is 3.20. The topological polar surface area (TPSA) is 74.8 Å². The molecule has 2 aromatic carbocycles. The second-order valence-corrected chi connectivity index (χ2v) is 10.5. The first-order valence-corrected chi connectivity index (χ1v) is 11.4. The number of rotatable bonds is 4. The van der Waals surface area contributed by atoms with Crippen molar-refractivity contribution in [3.63, 3.8) is 0 Å². The fourth-order valence-corrected chi connectivity index (χ4v) is 6.30. The summed E-state index contributed by atoms with van der Waals surface area (Å²) in [5, 5.41) is 0. The van der Waals surface area contributed by atoms with Crippen LogP contribution in [0.2, 0.25) is 0 Å². The molecule has 0 bridgehead atoms. The molecule has 3 rings (SSSR count). The number of hydrogen-bond acceptors (Lipinski definition) is 4. The summed E-state index contributed by atoms with van der Waals surface area (Å²) < 4.78 is 80.3. The summed E-state index contributed by atoms with van der Waals surface area (Å²) >= 11 is 0. The Labute approximate surface area is 163 Å². The van der Waals surface area contributed by atoms with E-state index in [2.05, 4.69) is 0 Å². The highest BCUT2D eigenvalue weighted by Gasteiger charge is 2.35. The van der Waals surface area contributed by atoms with Gasteiger partial charge in [0.1, 0.15) is 16.5 Å². The lowest BCUT2D eigenvalue weighted by molar-refractivity contribution is 0.272. The van der Waals surface area contributed by atoms with Gasteiger partial charge in [-0.1, -0.05) is 17.7 Å². The first-order chi connectivity index (χ1) is 13.0. The summed E-state index contributed by atoms with van der Waals surface area (Å²) in [7, 11) is -7.96. The van der Waals surface area contributed by atoms with Crippen molar-refractivity contribution >= 4 is 20.0 Å². The second kappa shape index (κ2) is 7.51. The van der Waals surface area contributed by atoms with Crippen LogP contribution in [0.3, 0.4) is 0 Å². The van der Waals surface area contributed by atoms with Crippen molar-refractivity contribution in [3.05, 3.63) is 59.2 Å². The van der Waals surface area contributed by atoms with Gasteiger partial charge in [-0.2, -0.15) is 8.61 Å². The fraction of sp³-hybridized carbons (Fsp3) is 0.333. The van der Waals surface area contributed by atoms with Gasteiger partial charge in [0.2, 0.25) is 20.0 Å². The van der Waals surface area contributed by atoms with E-state index in [9.17, 15) is 25.6 Å². The molecule has 0 saturated carbocycles. The van der Waals surface area contributed by atoms with E-state index in [4.69, 9.17) is 0 Å². The first kappa shape index (κ1) is 20.8. The summed E-state index contributed by atoms with van der Waals surface area (Å²) in [4.78, 5) is -0.446. The molecule has 10 heteroatoms. The molecule has 0 N–H and O–H groups in total. The molecule has 0 amide bonds. The molecule has 152 valence electrons. The molecule has 1 aliphatic heterocycles. The predicted octanol–water partition coefficient (Wildman–Crippen LogP) is 2.28. The normalized spacial score (nSPS) is 17.0. The number of aryl methyl sites for hydroxylation is 2. The van der Waals surface area contributed by atoms with Crippen LogP contribution in [0.15, 0.2) is 46.2 Å². The van der Waals surface area contributed by atoms with Crippen molar-refractivity contribution in [2.75, 3.05) is 26.2 Å². The largest absolute Gasteiger partial charge is 0.246 e. The highest BCUT2D eigenvalue weighted by Crippen LogP contribution is 2.25. The van der Waals surface area contributed by atoms with Gasteiger partial charge in [0.25, 0.3) is 0 Å². The van der Waals surface area contributed by atoms with Crippen LogP contribution in [-0.4, -0.2) is 51.6 Å². The third kappa shape index (κ3) is 3.82. The van der Waals surface area contributed by atoms with E-state index in [-0.39, 0.29) is 31.1 Å². The lowest BCUT2D eigenvalue weighted by atomic mass is 10.2. The minimum atomic E-state index is -4.19. The minimum Gasteiger partial charge on any atom is -0.207 e. The molecule has 0 unspecified atom stereocenters. The first-order valence-electron chi connectivity index (χ1n) is 8.56.